The second-order valence-corrected chi connectivity index (χ2v) is 11.1. The van der Waals surface area contributed by atoms with Gasteiger partial charge in [0.15, 0.2) is 0 Å². The van der Waals surface area contributed by atoms with E-state index < -0.39 is 0 Å². The summed E-state index contributed by atoms with van der Waals surface area (Å²) in [7, 11) is 0. The molecule has 0 unspecified atom stereocenters. The molecule has 0 amide bonds. The molecule has 0 aromatic heterocycles. The van der Waals surface area contributed by atoms with Crippen LogP contribution >= 0.6 is 0 Å². The van der Waals surface area contributed by atoms with Gasteiger partial charge in [-0.05, 0) is 81.0 Å². The highest BCUT2D eigenvalue weighted by molar-refractivity contribution is 5.59. The second-order valence-electron chi connectivity index (χ2n) is 11.1. The minimum Gasteiger partial charge on any atom is -0.150 e. The van der Waals surface area contributed by atoms with Crippen molar-refractivity contribution in [3.8, 4) is 0 Å². The van der Waals surface area contributed by atoms with Crippen molar-refractivity contribution in [2.24, 2.45) is 10.2 Å². The molecule has 2 nitrogen and oxygen atoms in total. The van der Waals surface area contributed by atoms with Crippen molar-refractivity contribution >= 4 is 11.4 Å². The molecule has 0 N–H and O–H groups in total. The van der Waals surface area contributed by atoms with Crippen molar-refractivity contribution in [1.29, 1.82) is 0 Å². The van der Waals surface area contributed by atoms with E-state index in [1.54, 1.807) is 0 Å². The van der Waals surface area contributed by atoms with Crippen molar-refractivity contribution in [3.63, 3.8) is 0 Å². The summed E-state index contributed by atoms with van der Waals surface area (Å²) >= 11 is 0. The Hall–Kier alpha value is -1.96. The van der Waals surface area contributed by atoms with Crippen LogP contribution < -0.4 is 0 Å². The van der Waals surface area contributed by atoms with E-state index in [1.807, 2.05) is 0 Å². The molecule has 0 saturated carbocycles. The number of benzene rings is 2. The zero-order valence-corrected chi connectivity index (χ0v) is 22.7. The van der Waals surface area contributed by atoms with E-state index in [0.29, 0.717) is 35.5 Å². The molecule has 0 spiro atoms. The van der Waals surface area contributed by atoms with E-state index in [2.05, 4.69) is 107 Å². The van der Waals surface area contributed by atoms with Gasteiger partial charge in [0.05, 0.1) is 11.4 Å². The summed E-state index contributed by atoms with van der Waals surface area (Å²) in [5.74, 6) is 2.73. The Morgan fingerprint density at radius 1 is 0.375 bits per heavy atom. The van der Waals surface area contributed by atoms with E-state index in [1.165, 1.54) is 33.4 Å². The first-order valence-electron chi connectivity index (χ1n) is 12.6. The zero-order chi connectivity index (χ0) is 24.3. The molecule has 0 fully saturated rings. The predicted octanol–water partition coefficient (Wildman–Crippen LogP) is 10.8. The standard InChI is InChI=1S/C30H46N2/c1-17(2)23-13-15-25(29(21(9)10)27(23)19(5)6)31-32-26-16-14-24(18(3)4)28(20(7)8)30(26)22(11)12/h13-22H,1-12H3/b32-31+. The summed E-state index contributed by atoms with van der Waals surface area (Å²) in [4.78, 5) is 0. The number of hydrogen-bond acceptors (Lipinski definition) is 2. The molecule has 0 aliphatic rings. The molecule has 0 saturated heterocycles. The fourth-order valence-electron chi connectivity index (χ4n) is 5.07. The van der Waals surface area contributed by atoms with Gasteiger partial charge in [-0.25, -0.2) is 0 Å². The van der Waals surface area contributed by atoms with Crippen LogP contribution in [0.1, 0.15) is 152 Å². The summed E-state index contributed by atoms with van der Waals surface area (Å²) in [5, 5.41) is 9.77. The topological polar surface area (TPSA) is 24.7 Å². The van der Waals surface area contributed by atoms with Crippen molar-refractivity contribution in [1.82, 2.24) is 0 Å². The first-order valence-corrected chi connectivity index (χ1v) is 12.6. The normalized spacial score (nSPS) is 12.7. The van der Waals surface area contributed by atoms with Gasteiger partial charge in [-0.1, -0.05) is 95.2 Å². The van der Waals surface area contributed by atoms with Gasteiger partial charge in [0.25, 0.3) is 0 Å². The third-order valence-electron chi connectivity index (χ3n) is 6.41. The molecule has 2 aromatic rings. The summed E-state index contributed by atoms with van der Waals surface area (Å²) < 4.78 is 0. The fraction of sp³-hybridized carbons (Fsp3) is 0.600. The van der Waals surface area contributed by atoms with E-state index in [9.17, 15) is 0 Å². The summed E-state index contributed by atoms with van der Waals surface area (Å²) in [6, 6.07) is 8.90. The van der Waals surface area contributed by atoms with Crippen LogP contribution in [0.4, 0.5) is 11.4 Å². The van der Waals surface area contributed by atoms with Crippen LogP contribution in [0.2, 0.25) is 0 Å². The Kier molecular flexibility index (Phi) is 8.85. The van der Waals surface area contributed by atoms with E-state index in [4.69, 9.17) is 10.2 Å². The van der Waals surface area contributed by atoms with Crippen molar-refractivity contribution in [2.45, 2.75) is 119 Å². The average Bonchev–Trinajstić information content (AvgIpc) is 2.69. The van der Waals surface area contributed by atoms with Crippen LogP contribution in [0.15, 0.2) is 34.5 Å². The summed E-state index contributed by atoms with van der Waals surface area (Å²) in [6.07, 6.45) is 0. The van der Waals surface area contributed by atoms with E-state index >= 15 is 0 Å². The van der Waals surface area contributed by atoms with Crippen molar-refractivity contribution in [2.75, 3.05) is 0 Å². The lowest BCUT2D eigenvalue weighted by Gasteiger charge is -2.24. The van der Waals surface area contributed by atoms with Crippen LogP contribution in [0.25, 0.3) is 0 Å². The van der Waals surface area contributed by atoms with Crippen molar-refractivity contribution < 1.29 is 0 Å². The fourth-order valence-corrected chi connectivity index (χ4v) is 5.07. The van der Waals surface area contributed by atoms with Crippen LogP contribution in [0, 0.1) is 0 Å². The third kappa shape index (κ3) is 5.50. The molecule has 0 bridgehead atoms. The molecule has 0 aliphatic carbocycles. The van der Waals surface area contributed by atoms with Gasteiger partial charge in [0.2, 0.25) is 0 Å². The Bertz CT molecular complexity index is 866. The van der Waals surface area contributed by atoms with Crippen LogP contribution in [0.5, 0.6) is 0 Å². The largest absolute Gasteiger partial charge is 0.150 e. The number of azo groups is 1. The van der Waals surface area contributed by atoms with Gasteiger partial charge in [-0.3, -0.25) is 0 Å². The number of nitrogens with zero attached hydrogens (tertiary/aromatic N) is 2. The van der Waals surface area contributed by atoms with Gasteiger partial charge in [0, 0.05) is 0 Å². The quantitative estimate of drug-likeness (QED) is 0.369. The Labute approximate surface area is 198 Å². The van der Waals surface area contributed by atoms with Gasteiger partial charge >= 0.3 is 0 Å². The molecular formula is C30H46N2. The van der Waals surface area contributed by atoms with Gasteiger partial charge < -0.3 is 0 Å². The predicted molar refractivity (Wildman–Crippen MR) is 142 cm³/mol. The lowest BCUT2D eigenvalue weighted by Crippen LogP contribution is -2.06. The maximum atomic E-state index is 4.88. The van der Waals surface area contributed by atoms with Crippen molar-refractivity contribution in [3.05, 3.63) is 57.6 Å². The maximum absolute atomic E-state index is 4.88. The highest BCUT2D eigenvalue weighted by Gasteiger charge is 2.22. The SMILES string of the molecule is CC(C)c1ccc(/N=N/c2ccc(C(C)C)c(C(C)C)c2C(C)C)c(C(C)C)c1C(C)C. The van der Waals surface area contributed by atoms with Crippen LogP contribution in [-0.2, 0) is 0 Å². The van der Waals surface area contributed by atoms with Crippen LogP contribution in [-0.4, -0.2) is 0 Å². The first kappa shape index (κ1) is 26.3. The average molecular weight is 435 g/mol. The molecule has 2 rings (SSSR count). The van der Waals surface area contributed by atoms with E-state index in [-0.39, 0.29) is 0 Å². The molecule has 0 radical (unpaired) electrons. The maximum Gasteiger partial charge on any atom is 0.0894 e. The Morgan fingerprint density at radius 3 is 0.875 bits per heavy atom. The van der Waals surface area contributed by atoms with Gasteiger partial charge in [-0.15, -0.1) is 0 Å². The van der Waals surface area contributed by atoms with Gasteiger partial charge in [0.1, 0.15) is 0 Å². The molecule has 32 heavy (non-hydrogen) atoms. The highest BCUT2D eigenvalue weighted by atomic mass is 15.1. The first-order chi connectivity index (χ1) is 14.9. The lowest BCUT2D eigenvalue weighted by atomic mass is 9.82. The molecule has 0 atom stereocenters. The number of hydrogen-bond donors (Lipinski definition) is 0. The number of rotatable bonds is 8. The van der Waals surface area contributed by atoms with E-state index in [0.717, 1.165) is 11.4 Å². The second kappa shape index (κ2) is 10.8. The molecule has 2 heteroatoms. The molecule has 176 valence electrons. The lowest BCUT2D eigenvalue weighted by molar-refractivity contribution is 0.745. The van der Waals surface area contributed by atoms with Crippen LogP contribution in [0.3, 0.4) is 0 Å². The summed E-state index contributed by atoms with van der Waals surface area (Å²) in [5.41, 5.74) is 10.5. The minimum absolute atomic E-state index is 0.402. The molecule has 0 heterocycles. The third-order valence-corrected chi connectivity index (χ3v) is 6.41. The Morgan fingerprint density at radius 2 is 0.656 bits per heavy atom. The molecule has 0 aliphatic heterocycles. The Balaban J connectivity index is 2.73. The molecule has 2 aromatic carbocycles. The molecular weight excluding hydrogens is 388 g/mol. The van der Waals surface area contributed by atoms with Gasteiger partial charge in [-0.2, -0.15) is 10.2 Å². The zero-order valence-electron chi connectivity index (χ0n) is 22.7. The highest BCUT2D eigenvalue weighted by Crippen LogP contribution is 2.42. The summed E-state index contributed by atoms with van der Waals surface area (Å²) in [6.45, 7) is 27.4. The monoisotopic (exact) mass is 434 g/mol. The smallest absolute Gasteiger partial charge is 0.0894 e. The minimum atomic E-state index is 0.402.